The van der Waals surface area contributed by atoms with E-state index < -0.39 is 29.7 Å². The molecule has 0 fully saturated rings. The van der Waals surface area contributed by atoms with Crippen molar-refractivity contribution in [3.05, 3.63) is 23.8 Å². The van der Waals surface area contributed by atoms with Crippen molar-refractivity contribution < 1.29 is 32.9 Å². The van der Waals surface area contributed by atoms with Crippen LogP contribution in [0.15, 0.2) is 23.1 Å². The first-order valence-corrected chi connectivity index (χ1v) is 4.65. The van der Waals surface area contributed by atoms with Gasteiger partial charge in [0, 0.05) is 10.5 Å². The van der Waals surface area contributed by atoms with Crippen LogP contribution < -0.4 is 4.74 Å². The van der Waals surface area contributed by atoms with Crippen LogP contribution in [0.4, 0.5) is 13.2 Å². The third-order valence-corrected chi connectivity index (χ3v) is 2.03. The van der Waals surface area contributed by atoms with E-state index in [4.69, 9.17) is 5.11 Å². The van der Waals surface area contributed by atoms with Crippen LogP contribution in [-0.2, 0) is 4.79 Å². The number of aliphatic carboxylic acids is 1. The molecule has 0 aliphatic carbocycles. The van der Waals surface area contributed by atoms with E-state index in [0.717, 1.165) is 12.1 Å². The quantitative estimate of drug-likeness (QED) is 0.733. The highest BCUT2D eigenvalue weighted by Crippen LogP contribution is 2.32. The number of carboxylic acid groups (broad SMARTS) is 1. The normalized spacial score (nSPS) is 13.2. The number of alkyl halides is 3. The van der Waals surface area contributed by atoms with Crippen molar-refractivity contribution in [2.75, 3.05) is 0 Å². The van der Waals surface area contributed by atoms with Gasteiger partial charge in [-0.2, -0.15) is 0 Å². The lowest BCUT2D eigenvalue weighted by atomic mass is 10.1. The van der Waals surface area contributed by atoms with Gasteiger partial charge in [0.1, 0.15) is 5.75 Å². The number of benzene rings is 1. The van der Waals surface area contributed by atoms with E-state index in [1.165, 1.54) is 6.07 Å². The van der Waals surface area contributed by atoms with E-state index in [1.54, 1.807) is 0 Å². The minimum absolute atomic E-state index is 0.144. The number of ether oxygens (including phenoxy) is 1. The molecule has 0 aliphatic heterocycles. The zero-order valence-corrected chi connectivity index (χ0v) is 9.00. The van der Waals surface area contributed by atoms with Crippen molar-refractivity contribution in [3.63, 3.8) is 0 Å². The van der Waals surface area contributed by atoms with Gasteiger partial charge in [0.05, 0.1) is 0 Å². The highest BCUT2D eigenvalue weighted by Gasteiger charge is 2.33. The molecule has 8 heteroatoms. The summed E-state index contributed by atoms with van der Waals surface area (Å²) in [5.74, 6) is -2.47. The van der Waals surface area contributed by atoms with Gasteiger partial charge in [-0.05, 0) is 12.1 Å². The highest BCUT2D eigenvalue weighted by atomic mass is 32.1. The van der Waals surface area contributed by atoms with E-state index in [1.807, 2.05) is 0 Å². The maximum atomic E-state index is 12.0. The van der Waals surface area contributed by atoms with Gasteiger partial charge >= 0.3 is 12.3 Å². The standard InChI is InChI=1S/C9H7F3O4S/c10-9(11,12)16-6-3-4(17)1-2-5(6)7(13)8(14)15/h1-3,7,13,17H,(H,14,15). The Bertz CT molecular complexity index is 433. The van der Waals surface area contributed by atoms with Crippen LogP contribution in [0.1, 0.15) is 11.7 Å². The van der Waals surface area contributed by atoms with Crippen LogP contribution in [0.3, 0.4) is 0 Å². The number of rotatable bonds is 3. The SMILES string of the molecule is O=C(O)C(O)c1ccc(S)cc1OC(F)(F)F. The molecule has 0 heterocycles. The molecule has 0 saturated carbocycles. The first kappa shape index (κ1) is 13.7. The maximum absolute atomic E-state index is 12.0. The average Bonchev–Trinajstić information content (AvgIpc) is 2.14. The second-order valence-corrected chi connectivity index (χ2v) is 3.53. The van der Waals surface area contributed by atoms with Gasteiger partial charge in [0.15, 0.2) is 6.10 Å². The van der Waals surface area contributed by atoms with Gasteiger partial charge in [0.25, 0.3) is 0 Å². The number of halogens is 3. The van der Waals surface area contributed by atoms with Gasteiger partial charge in [-0.15, -0.1) is 25.8 Å². The molecular formula is C9H7F3O4S. The molecule has 0 amide bonds. The van der Waals surface area contributed by atoms with Gasteiger partial charge in [-0.25, -0.2) is 4.79 Å². The lowest BCUT2D eigenvalue weighted by molar-refractivity contribution is -0.275. The molecule has 0 radical (unpaired) electrons. The smallest absolute Gasteiger partial charge is 0.479 e. The molecule has 17 heavy (non-hydrogen) atoms. The van der Waals surface area contributed by atoms with Crippen LogP contribution in [-0.4, -0.2) is 22.5 Å². The molecule has 1 aromatic rings. The number of carbonyl (C=O) groups is 1. The third-order valence-electron chi connectivity index (χ3n) is 1.75. The lowest BCUT2D eigenvalue weighted by Gasteiger charge is -2.15. The largest absolute Gasteiger partial charge is 0.573 e. The van der Waals surface area contributed by atoms with Crippen molar-refractivity contribution in [3.8, 4) is 5.75 Å². The lowest BCUT2D eigenvalue weighted by Crippen LogP contribution is -2.20. The van der Waals surface area contributed by atoms with E-state index in [-0.39, 0.29) is 4.90 Å². The molecule has 0 bridgehead atoms. The van der Waals surface area contributed by atoms with Crippen molar-refractivity contribution in [2.45, 2.75) is 17.4 Å². The number of carboxylic acids is 1. The summed E-state index contributed by atoms with van der Waals surface area (Å²) in [5.41, 5.74) is -0.493. The zero-order chi connectivity index (χ0) is 13.2. The van der Waals surface area contributed by atoms with Gasteiger partial charge in [-0.1, -0.05) is 6.07 Å². The molecule has 0 aromatic heterocycles. The second kappa shape index (κ2) is 4.84. The maximum Gasteiger partial charge on any atom is 0.573 e. The summed E-state index contributed by atoms with van der Waals surface area (Å²) in [5, 5.41) is 17.7. The Morgan fingerprint density at radius 3 is 2.47 bits per heavy atom. The minimum Gasteiger partial charge on any atom is -0.479 e. The predicted octanol–water partition coefficient (Wildman–Crippen LogP) is 1.99. The fourth-order valence-electron chi connectivity index (χ4n) is 1.10. The van der Waals surface area contributed by atoms with E-state index in [9.17, 15) is 23.1 Å². The summed E-state index contributed by atoms with van der Waals surface area (Å²) < 4.78 is 39.7. The fourth-order valence-corrected chi connectivity index (χ4v) is 1.29. The molecule has 0 aliphatic rings. The Morgan fingerprint density at radius 1 is 1.41 bits per heavy atom. The first-order chi connectivity index (χ1) is 7.70. The molecule has 1 unspecified atom stereocenters. The molecule has 0 saturated heterocycles. The Morgan fingerprint density at radius 2 is 2.00 bits per heavy atom. The Balaban J connectivity index is 3.17. The van der Waals surface area contributed by atoms with Crippen LogP contribution >= 0.6 is 12.6 Å². The summed E-state index contributed by atoms with van der Waals surface area (Å²) >= 11 is 3.79. The highest BCUT2D eigenvalue weighted by molar-refractivity contribution is 7.80. The summed E-state index contributed by atoms with van der Waals surface area (Å²) in [6.45, 7) is 0. The van der Waals surface area contributed by atoms with Crippen LogP contribution in [0, 0.1) is 0 Å². The molecular weight excluding hydrogens is 261 g/mol. The molecule has 1 rings (SSSR count). The number of aliphatic hydroxyl groups is 1. The van der Waals surface area contributed by atoms with Crippen molar-refractivity contribution >= 4 is 18.6 Å². The van der Waals surface area contributed by atoms with Gasteiger partial charge < -0.3 is 14.9 Å². The summed E-state index contributed by atoms with van der Waals surface area (Å²) in [7, 11) is 0. The Kier molecular flexibility index (Phi) is 3.89. The summed E-state index contributed by atoms with van der Waals surface area (Å²) in [6, 6.07) is 3.12. The summed E-state index contributed by atoms with van der Waals surface area (Å²) in [6.07, 6.45) is -7.07. The number of thiol groups is 1. The molecule has 1 aromatic carbocycles. The van der Waals surface area contributed by atoms with E-state index >= 15 is 0 Å². The number of hydrogen-bond acceptors (Lipinski definition) is 4. The monoisotopic (exact) mass is 268 g/mol. The number of hydrogen-bond donors (Lipinski definition) is 3. The Hall–Kier alpha value is -1.41. The predicted molar refractivity (Wildman–Crippen MR) is 53.0 cm³/mol. The van der Waals surface area contributed by atoms with Gasteiger partial charge in [0.2, 0.25) is 0 Å². The van der Waals surface area contributed by atoms with Crippen molar-refractivity contribution in [2.24, 2.45) is 0 Å². The molecule has 1 atom stereocenters. The summed E-state index contributed by atoms with van der Waals surface area (Å²) in [4.78, 5) is 10.6. The fraction of sp³-hybridized carbons (Fsp3) is 0.222. The van der Waals surface area contributed by atoms with Gasteiger partial charge in [-0.3, -0.25) is 0 Å². The van der Waals surface area contributed by atoms with Crippen LogP contribution in [0.25, 0.3) is 0 Å². The van der Waals surface area contributed by atoms with Crippen molar-refractivity contribution in [1.82, 2.24) is 0 Å². The average molecular weight is 268 g/mol. The van der Waals surface area contributed by atoms with Crippen LogP contribution in [0.5, 0.6) is 5.75 Å². The zero-order valence-electron chi connectivity index (χ0n) is 8.10. The molecule has 4 nitrogen and oxygen atoms in total. The van der Waals surface area contributed by atoms with Crippen molar-refractivity contribution in [1.29, 1.82) is 0 Å². The first-order valence-electron chi connectivity index (χ1n) is 4.20. The molecule has 0 spiro atoms. The topological polar surface area (TPSA) is 66.8 Å². The minimum atomic E-state index is -4.98. The number of aliphatic hydroxyl groups excluding tert-OH is 1. The third kappa shape index (κ3) is 3.82. The van der Waals surface area contributed by atoms with E-state index in [2.05, 4.69) is 17.4 Å². The molecule has 94 valence electrons. The molecule has 2 N–H and O–H groups in total. The second-order valence-electron chi connectivity index (χ2n) is 3.01. The van der Waals surface area contributed by atoms with Crippen LogP contribution in [0.2, 0.25) is 0 Å². The van der Waals surface area contributed by atoms with E-state index in [0.29, 0.717) is 0 Å². The Labute approximate surface area is 99.0 Å².